The average Bonchev–Trinajstić information content (AvgIpc) is 2.70. The second-order valence-corrected chi connectivity index (χ2v) is 5.91. The first kappa shape index (κ1) is 11.0. The van der Waals surface area contributed by atoms with E-state index in [4.69, 9.17) is 4.74 Å². The number of fused-ring (bicyclic) bond motifs is 5. The summed E-state index contributed by atoms with van der Waals surface area (Å²) in [5, 5.41) is 0. The summed E-state index contributed by atoms with van der Waals surface area (Å²) >= 11 is 0. The molecular weight excluding hydrogens is 216 g/mol. The fraction of sp³-hybridized carbons (Fsp3) is 0.714. The third kappa shape index (κ3) is 1.48. The second-order valence-electron chi connectivity index (χ2n) is 5.91. The maximum Gasteiger partial charge on any atom is 0.307 e. The van der Waals surface area contributed by atoms with Crippen LogP contribution in [0.25, 0.3) is 0 Å². The van der Waals surface area contributed by atoms with Gasteiger partial charge in [-0.2, -0.15) is 0 Å². The second kappa shape index (κ2) is 3.44. The van der Waals surface area contributed by atoms with Crippen LogP contribution in [0.3, 0.4) is 0 Å². The minimum absolute atomic E-state index is 0.246. The Morgan fingerprint density at radius 3 is 2.47 bits per heavy atom. The van der Waals surface area contributed by atoms with Crippen LogP contribution >= 0.6 is 0 Å². The van der Waals surface area contributed by atoms with Crippen LogP contribution in [0.2, 0.25) is 0 Å². The Morgan fingerprint density at radius 2 is 1.94 bits per heavy atom. The van der Waals surface area contributed by atoms with E-state index in [-0.39, 0.29) is 11.9 Å². The molecular formula is C14H18O3. The maximum absolute atomic E-state index is 11.7. The normalized spacial score (nSPS) is 41.1. The number of ether oxygens (including phenoxy) is 1. The molecule has 0 amide bonds. The van der Waals surface area contributed by atoms with Crippen LogP contribution in [-0.2, 0) is 14.3 Å². The lowest BCUT2D eigenvalue weighted by Crippen LogP contribution is -2.12. The van der Waals surface area contributed by atoms with Crippen LogP contribution in [0.5, 0.6) is 0 Å². The SMILES string of the molecule is CC(=O)OC(=C(C)C)[C@@H]1[C@@H]2[C@H]1[C@H]1CC(=O)[C@@H]2C1. The highest BCUT2D eigenvalue weighted by atomic mass is 16.5. The first-order valence-electron chi connectivity index (χ1n) is 6.39. The molecule has 0 spiro atoms. The lowest BCUT2D eigenvalue weighted by Gasteiger charge is -2.13. The summed E-state index contributed by atoms with van der Waals surface area (Å²) < 4.78 is 5.36. The molecule has 3 saturated carbocycles. The number of hydrogen-bond acceptors (Lipinski definition) is 3. The van der Waals surface area contributed by atoms with Crippen molar-refractivity contribution in [3.05, 3.63) is 11.3 Å². The van der Waals surface area contributed by atoms with Crippen LogP contribution in [0.15, 0.2) is 11.3 Å². The van der Waals surface area contributed by atoms with Crippen LogP contribution in [0, 0.1) is 29.6 Å². The first-order chi connectivity index (χ1) is 8.00. The van der Waals surface area contributed by atoms with Gasteiger partial charge in [0.15, 0.2) is 0 Å². The zero-order chi connectivity index (χ0) is 12.3. The molecule has 0 aromatic carbocycles. The van der Waals surface area contributed by atoms with Gasteiger partial charge in [0.1, 0.15) is 11.5 Å². The Morgan fingerprint density at radius 1 is 1.24 bits per heavy atom. The molecule has 0 N–H and O–H groups in total. The molecule has 3 aliphatic rings. The molecule has 17 heavy (non-hydrogen) atoms. The molecule has 0 heterocycles. The van der Waals surface area contributed by atoms with Gasteiger partial charge in [0, 0.05) is 25.2 Å². The Balaban J connectivity index is 1.82. The Labute approximate surface area is 101 Å². The van der Waals surface area contributed by atoms with E-state index < -0.39 is 0 Å². The van der Waals surface area contributed by atoms with Gasteiger partial charge in [0.25, 0.3) is 0 Å². The highest BCUT2D eigenvalue weighted by molar-refractivity contribution is 5.86. The minimum atomic E-state index is -0.246. The van der Waals surface area contributed by atoms with E-state index in [0.29, 0.717) is 29.5 Å². The Bertz CT molecular complexity index is 431. The molecule has 3 aliphatic carbocycles. The molecule has 0 aliphatic heterocycles. The number of allylic oxidation sites excluding steroid dienone is 2. The molecule has 3 fully saturated rings. The predicted octanol–water partition coefficient (Wildman–Crippen LogP) is 2.31. The van der Waals surface area contributed by atoms with Crippen LogP contribution < -0.4 is 0 Å². The van der Waals surface area contributed by atoms with E-state index >= 15 is 0 Å². The predicted molar refractivity (Wildman–Crippen MR) is 61.8 cm³/mol. The summed E-state index contributed by atoms with van der Waals surface area (Å²) in [6.45, 7) is 5.41. The van der Waals surface area contributed by atoms with E-state index in [1.807, 2.05) is 13.8 Å². The molecule has 0 aromatic heterocycles. The topological polar surface area (TPSA) is 43.4 Å². The molecule has 0 saturated heterocycles. The van der Waals surface area contributed by atoms with Crippen LogP contribution in [-0.4, -0.2) is 11.8 Å². The van der Waals surface area contributed by atoms with E-state index in [2.05, 4.69) is 0 Å². The Kier molecular flexibility index (Phi) is 2.22. The largest absolute Gasteiger partial charge is 0.431 e. The van der Waals surface area contributed by atoms with E-state index in [1.165, 1.54) is 6.92 Å². The fourth-order valence-electron chi connectivity index (χ4n) is 4.11. The zero-order valence-electron chi connectivity index (χ0n) is 10.5. The summed E-state index contributed by atoms with van der Waals surface area (Å²) in [6, 6.07) is 0. The van der Waals surface area contributed by atoms with Crippen molar-refractivity contribution in [2.24, 2.45) is 29.6 Å². The molecule has 3 rings (SSSR count). The third-order valence-corrected chi connectivity index (χ3v) is 4.62. The van der Waals surface area contributed by atoms with Gasteiger partial charge in [-0.15, -0.1) is 0 Å². The Hall–Kier alpha value is -1.12. The van der Waals surface area contributed by atoms with E-state index in [0.717, 1.165) is 24.2 Å². The lowest BCUT2D eigenvalue weighted by molar-refractivity contribution is -0.137. The van der Waals surface area contributed by atoms with Crippen molar-refractivity contribution in [1.29, 1.82) is 0 Å². The van der Waals surface area contributed by atoms with Crippen molar-refractivity contribution in [3.63, 3.8) is 0 Å². The molecule has 3 nitrogen and oxygen atoms in total. The van der Waals surface area contributed by atoms with Crippen molar-refractivity contribution in [3.8, 4) is 0 Å². The lowest BCUT2D eigenvalue weighted by atomic mass is 9.99. The van der Waals surface area contributed by atoms with Gasteiger partial charge in [0.2, 0.25) is 0 Å². The number of carbonyl (C=O) groups excluding carboxylic acids is 2. The average molecular weight is 234 g/mol. The van der Waals surface area contributed by atoms with Gasteiger partial charge in [-0.05, 0) is 43.6 Å². The van der Waals surface area contributed by atoms with E-state index in [9.17, 15) is 9.59 Å². The van der Waals surface area contributed by atoms with Crippen molar-refractivity contribution in [2.45, 2.75) is 33.6 Å². The number of esters is 1. The van der Waals surface area contributed by atoms with Crippen LogP contribution in [0.4, 0.5) is 0 Å². The quantitative estimate of drug-likeness (QED) is 0.544. The van der Waals surface area contributed by atoms with Gasteiger partial charge in [-0.1, -0.05) is 0 Å². The molecule has 3 heteroatoms. The van der Waals surface area contributed by atoms with Gasteiger partial charge in [-0.25, -0.2) is 0 Å². The third-order valence-electron chi connectivity index (χ3n) is 4.62. The highest BCUT2D eigenvalue weighted by Gasteiger charge is 2.69. The van der Waals surface area contributed by atoms with Gasteiger partial charge >= 0.3 is 5.97 Å². The molecule has 92 valence electrons. The van der Waals surface area contributed by atoms with Crippen molar-refractivity contribution in [1.82, 2.24) is 0 Å². The summed E-state index contributed by atoms with van der Waals surface area (Å²) in [7, 11) is 0. The van der Waals surface area contributed by atoms with Crippen molar-refractivity contribution < 1.29 is 14.3 Å². The molecule has 0 unspecified atom stereocenters. The summed E-state index contributed by atoms with van der Waals surface area (Å²) in [5.41, 5.74) is 1.08. The molecule has 5 atom stereocenters. The van der Waals surface area contributed by atoms with Gasteiger partial charge < -0.3 is 4.74 Å². The number of hydrogen-bond donors (Lipinski definition) is 0. The molecule has 0 aromatic rings. The monoisotopic (exact) mass is 234 g/mol. The van der Waals surface area contributed by atoms with E-state index in [1.54, 1.807) is 0 Å². The summed E-state index contributed by atoms with van der Waals surface area (Å²) in [6.07, 6.45) is 1.85. The number of ketones is 1. The molecule has 0 radical (unpaired) electrons. The standard InChI is InChI=1S/C14H18O3/c1-6(2)14(17-7(3)15)13-11-8-4-9(12(11)13)10(16)5-8/h8-9,11-13H,4-5H2,1-3H3/t8-,9+,11-,12+,13+/m1/s1. The zero-order valence-corrected chi connectivity index (χ0v) is 10.5. The number of Topliss-reactive ketones (excluding diaryl/α,β-unsaturated/α-hetero) is 1. The highest BCUT2D eigenvalue weighted by Crippen LogP contribution is 2.70. The maximum atomic E-state index is 11.7. The summed E-state index contributed by atoms with van der Waals surface area (Å²) in [5.74, 6) is 3.30. The number of rotatable bonds is 2. The smallest absolute Gasteiger partial charge is 0.307 e. The van der Waals surface area contributed by atoms with Crippen LogP contribution in [0.1, 0.15) is 33.6 Å². The van der Waals surface area contributed by atoms with Crippen molar-refractivity contribution >= 4 is 11.8 Å². The van der Waals surface area contributed by atoms with Gasteiger partial charge in [-0.3, -0.25) is 9.59 Å². The minimum Gasteiger partial charge on any atom is -0.431 e. The summed E-state index contributed by atoms with van der Waals surface area (Å²) in [4.78, 5) is 22.8. The molecule has 2 bridgehead atoms. The van der Waals surface area contributed by atoms with Crippen molar-refractivity contribution in [2.75, 3.05) is 0 Å². The number of carbonyl (C=O) groups is 2. The fourth-order valence-corrected chi connectivity index (χ4v) is 4.11. The van der Waals surface area contributed by atoms with Gasteiger partial charge in [0.05, 0.1) is 0 Å². The first-order valence-corrected chi connectivity index (χ1v) is 6.39.